The molecule has 21 heavy (non-hydrogen) atoms. The van der Waals surface area contributed by atoms with Gasteiger partial charge >= 0.3 is 0 Å². The monoisotopic (exact) mass is 286 g/mol. The van der Waals surface area contributed by atoms with Gasteiger partial charge in [0.15, 0.2) is 0 Å². The quantitative estimate of drug-likeness (QED) is 0.685. The van der Waals surface area contributed by atoms with Crippen molar-refractivity contribution in [3.63, 3.8) is 0 Å². The van der Waals surface area contributed by atoms with Crippen LogP contribution in [0.25, 0.3) is 0 Å². The highest BCUT2D eigenvalue weighted by atomic mass is 16.1. The van der Waals surface area contributed by atoms with E-state index in [0.717, 1.165) is 36.5 Å². The maximum absolute atomic E-state index is 12.3. The first-order chi connectivity index (χ1) is 10.2. The summed E-state index contributed by atoms with van der Waals surface area (Å²) in [7, 11) is 0. The second-order valence-corrected chi connectivity index (χ2v) is 4.97. The van der Waals surface area contributed by atoms with Gasteiger partial charge in [0, 0.05) is 37.6 Å². The summed E-state index contributed by atoms with van der Waals surface area (Å²) in [5, 5.41) is 6.19. The van der Waals surface area contributed by atoms with Crippen molar-refractivity contribution in [1.82, 2.24) is 15.3 Å². The van der Waals surface area contributed by atoms with Crippen molar-refractivity contribution in [3.8, 4) is 0 Å². The number of aromatic amines is 1. The van der Waals surface area contributed by atoms with Crippen molar-refractivity contribution in [1.29, 1.82) is 0 Å². The molecule has 112 valence electrons. The standard InChI is InChI=1S/C16H22N4O/c1-3-17-14-7-6-12(2)11-13(14)16(21)20-8-4-5-15-18-9-10-19-15/h6-7,9-11,17H,3-5,8H2,1-2H3,(H,18,19)(H,20,21). The summed E-state index contributed by atoms with van der Waals surface area (Å²) in [6.45, 7) is 5.44. The topological polar surface area (TPSA) is 69.8 Å². The van der Waals surface area contributed by atoms with Gasteiger partial charge in [0.05, 0.1) is 5.56 Å². The lowest BCUT2D eigenvalue weighted by molar-refractivity contribution is 0.0954. The molecule has 1 aromatic carbocycles. The van der Waals surface area contributed by atoms with E-state index in [4.69, 9.17) is 0 Å². The zero-order valence-electron chi connectivity index (χ0n) is 12.6. The molecule has 1 amide bonds. The summed E-state index contributed by atoms with van der Waals surface area (Å²) in [4.78, 5) is 19.5. The number of hydrogen-bond acceptors (Lipinski definition) is 3. The van der Waals surface area contributed by atoms with Crippen LogP contribution in [0.2, 0.25) is 0 Å². The number of hydrogen-bond donors (Lipinski definition) is 3. The fourth-order valence-corrected chi connectivity index (χ4v) is 2.18. The first kappa shape index (κ1) is 15.1. The molecule has 5 heteroatoms. The molecular formula is C16H22N4O. The zero-order valence-corrected chi connectivity index (χ0v) is 12.6. The lowest BCUT2D eigenvalue weighted by Crippen LogP contribution is -2.26. The minimum absolute atomic E-state index is 0.0332. The van der Waals surface area contributed by atoms with Gasteiger partial charge in [-0.25, -0.2) is 4.98 Å². The third-order valence-electron chi connectivity index (χ3n) is 3.22. The Morgan fingerprint density at radius 2 is 2.24 bits per heavy atom. The molecule has 0 bridgehead atoms. The summed E-state index contributed by atoms with van der Waals surface area (Å²) < 4.78 is 0. The molecule has 0 spiro atoms. The van der Waals surface area contributed by atoms with Gasteiger partial charge in [0.1, 0.15) is 5.82 Å². The average Bonchev–Trinajstić information content (AvgIpc) is 2.99. The van der Waals surface area contributed by atoms with E-state index < -0.39 is 0 Å². The highest BCUT2D eigenvalue weighted by Gasteiger charge is 2.10. The molecule has 1 heterocycles. The van der Waals surface area contributed by atoms with Gasteiger partial charge in [-0.2, -0.15) is 0 Å². The largest absolute Gasteiger partial charge is 0.385 e. The van der Waals surface area contributed by atoms with Crippen molar-refractivity contribution in [3.05, 3.63) is 47.5 Å². The summed E-state index contributed by atoms with van der Waals surface area (Å²) in [5.74, 6) is 0.919. The Bertz CT molecular complexity index is 578. The lowest BCUT2D eigenvalue weighted by atomic mass is 10.1. The van der Waals surface area contributed by atoms with Crippen LogP contribution in [0.4, 0.5) is 5.69 Å². The van der Waals surface area contributed by atoms with Gasteiger partial charge in [0.25, 0.3) is 5.91 Å². The summed E-state index contributed by atoms with van der Waals surface area (Å²) in [6, 6.07) is 5.88. The maximum Gasteiger partial charge on any atom is 0.253 e. The molecular weight excluding hydrogens is 264 g/mol. The number of aryl methyl sites for hydroxylation is 2. The first-order valence-electron chi connectivity index (χ1n) is 7.31. The molecule has 0 aliphatic heterocycles. The maximum atomic E-state index is 12.3. The van der Waals surface area contributed by atoms with Crippen LogP contribution in [0, 0.1) is 6.92 Å². The molecule has 0 saturated carbocycles. The van der Waals surface area contributed by atoms with Crippen LogP contribution >= 0.6 is 0 Å². The molecule has 0 atom stereocenters. The number of anilines is 1. The molecule has 2 rings (SSSR count). The fourth-order valence-electron chi connectivity index (χ4n) is 2.18. The van der Waals surface area contributed by atoms with Crippen molar-refractivity contribution in [2.45, 2.75) is 26.7 Å². The van der Waals surface area contributed by atoms with E-state index in [2.05, 4.69) is 20.6 Å². The van der Waals surface area contributed by atoms with Crippen LogP contribution in [-0.4, -0.2) is 29.0 Å². The number of imidazole rings is 1. The molecule has 0 fully saturated rings. The van der Waals surface area contributed by atoms with Crippen LogP contribution < -0.4 is 10.6 Å². The third kappa shape index (κ3) is 4.34. The summed E-state index contributed by atoms with van der Waals surface area (Å²) >= 11 is 0. The number of carbonyl (C=O) groups is 1. The van der Waals surface area contributed by atoms with Crippen molar-refractivity contribution in [2.75, 3.05) is 18.4 Å². The molecule has 1 aromatic heterocycles. The minimum Gasteiger partial charge on any atom is -0.385 e. The van der Waals surface area contributed by atoms with Crippen LogP contribution in [0.1, 0.15) is 35.1 Å². The Labute approximate surface area is 125 Å². The van der Waals surface area contributed by atoms with Crippen LogP contribution in [-0.2, 0) is 6.42 Å². The van der Waals surface area contributed by atoms with E-state index in [-0.39, 0.29) is 5.91 Å². The fraction of sp³-hybridized carbons (Fsp3) is 0.375. The molecule has 0 radical (unpaired) electrons. The van der Waals surface area contributed by atoms with Crippen molar-refractivity contribution in [2.24, 2.45) is 0 Å². The number of rotatable bonds is 7. The molecule has 0 aliphatic rings. The number of nitrogens with one attached hydrogen (secondary N) is 3. The Morgan fingerprint density at radius 1 is 1.38 bits per heavy atom. The highest BCUT2D eigenvalue weighted by molar-refractivity contribution is 5.99. The van der Waals surface area contributed by atoms with Gasteiger partial charge in [-0.1, -0.05) is 11.6 Å². The van der Waals surface area contributed by atoms with Crippen LogP contribution in [0.5, 0.6) is 0 Å². The second kappa shape index (κ2) is 7.47. The second-order valence-electron chi connectivity index (χ2n) is 4.97. The molecule has 2 aromatic rings. The molecule has 5 nitrogen and oxygen atoms in total. The Kier molecular flexibility index (Phi) is 5.37. The number of amides is 1. The van der Waals surface area contributed by atoms with Gasteiger partial charge in [-0.05, 0) is 32.4 Å². The number of aromatic nitrogens is 2. The van der Waals surface area contributed by atoms with Gasteiger partial charge < -0.3 is 15.6 Å². The Hall–Kier alpha value is -2.30. The minimum atomic E-state index is -0.0332. The number of carbonyl (C=O) groups excluding carboxylic acids is 1. The molecule has 3 N–H and O–H groups in total. The summed E-state index contributed by atoms with van der Waals surface area (Å²) in [6.07, 6.45) is 5.25. The first-order valence-corrected chi connectivity index (χ1v) is 7.31. The van der Waals surface area contributed by atoms with Gasteiger partial charge in [-0.15, -0.1) is 0 Å². The van der Waals surface area contributed by atoms with E-state index in [9.17, 15) is 4.79 Å². The van der Waals surface area contributed by atoms with Gasteiger partial charge in [0.2, 0.25) is 0 Å². The van der Waals surface area contributed by atoms with E-state index in [1.165, 1.54) is 0 Å². The highest BCUT2D eigenvalue weighted by Crippen LogP contribution is 2.17. The lowest BCUT2D eigenvalue weighted by Gasteiger charge is -2.12. The molecule has 0 unspecified atom stereocenters. The predicted octanol–water partition coefficient (Wildman–Crippen LogP) is 2.51. The van der Waals surface area contributed by atoms with E-state index in [0.29, 0.717) is 12.1 Å². The Morgan fingerprint density at radius 3 is 2.95 bits per heavy atom. The number of H-pyrrole nitrogens is 1. The zero-order chi connectivity index (χ0) is 15.1. The molecule has 0 saturated heterocycles. The average molecular weight is 286 g/mol. The third-order valence-corrected chi connectivity index (χ3v) is 3.22. The SMILES string of the molecule is CCNc1ccc(C)cc1C(=O)NCCCc1ncc[nH]1. The van der Waals surface area contributed by atoms with E-state index >= 15 is 0 Å². The van der Waals surface area contributed by atoms with Crippen LogP contribution in [0.15, 0.2) is 30.6 Å². The Balaban J connectivity index is 1.88. The predicted molar refractivity (Wildman–Crippen MR) is 84.6 cm³/mol. The van der Waals surface area contributed by atoms with Crippen LogP contribution in [0.3, 0.4) is 0 Å². The van der Waals surface area contributed by atoms with E-state index in [1.54, 1.807) is 6.20 Å². The van der Waals surface area contributed by atoms with E-state index in [1.807, 2.05) is 38.2 Å². The normalized spacial score (nSPS) is 10.4. The van der Waals surface area contributed by atoms with Gasteiger partial charge in [-0.3, -0.25) is 4.79 Å². The molecule has 0 aliphatic carbocycles. The smallest absolute Gasteiger partial charge is 0.253 e. The summed E-state index contributed by atoms with van der Waals surface area (Å²) in [5.41, 5.74) is 2.67. The number of benzene rings is 1. The number of nitrogens with zero attached hydrogens (tertiary/aromatic N) is 1. The van der Waals surface area contributed by atoms with Crippen molar-refractivity contribution >= 4 is 11.6 Å². The van der Waals surface area contributed by atoms with Crippen molar-refractivity contribution < 1.29 is 4.79 Å².